The Morgan fingerprint density at radius 3 is 2.41 bits per heavy atom. The fourth-order valence-corrected chi connectivity index (χ4v) is 6.66. The van der Waals surface area contributed by atoms with Gasteiger partial charge in [-0.1, -0.05) is 68.5 Å². The van der Waals surface area contributed by atoms with E-state index in [1.165, 1.54) is 37.3 Å². The van der Waals surface area contributed by atoms with Gasteiger partial charge in [0.25, 0.3) is 0 Å². The first-order valence-electron chi connectivity index (χ1n) is 6.66. The lowest BCUT2D eigenvalue weighted by Gasteiger charge is -2.36. The average molecular weight is 246 g/mol. The molecule has 0 spiro atoms. The highest BCUT2D eigenvalue weighted by Gasteiger charge is 2.41. The van der Waals surface area contributed by atoms with Crippen LogP contribution in [0.2, 0.25) is 11.6 Å². The van der Waals surface area contributed by atoms with Crippen LogP contribution in [0.3, 0.4) is 0 Å². The fourth-order valence-electron chi connectivity index (χ4n) is 3.05. The van der Waals surface area contributed by atoms with Crippen LogP contribution < -0.4 is 5.19 Å². The van der Waals surface area contributed by atoms with Crippen molar-refractivity contribution in [1.29, 1.82) is 0 Å². The maximum absolute atomic E-state index is 11.2. The van der Waals surface area contributed by atoms with Crippen molar-refractivity contribution in [3.63, 3.8) is 0 Å². The molecule has 1 fully saturated rings. The first kappa shape index (κ1) is 12.6. The monoisotopic (exact) mass is 246 g/mol. The van der Waals surface area contributed by atoms with Gasteiger partial charge in [-0.2, -0.15) is 0 Å². The van der Waals surface area contributed by atoms with Crippen molar-refractivity contribution in [1.82, 2.24) is 0 Å². The summed E-state index contributed by atoms with van der Waals surface area (Å²) in [6.07, 6.45) is 8.21. The zero-order valence-corrected chi connectivity index (χ0v) is 11.4. The molecular weight excluding hydrogens is 224 g/mol. The molecule has 1 nitrogen and oxygen atoms in total. The standard InChI is InChI=1S/C15H22OSi/c1-2-13-17(16,14-9-5-3-6-10-14)15-11-7-4-8-12-15/h2-3,5-6,9-10,15-16H,1,4,7-8,11-13H2. The van der Waals surface area contributed by atoms with Gasteiger partial charge in [-0.05, 0) is 16.8 Å². The average Bonchev–Trinajstić information content (AvgIpc) is 2.41. The zero-order valence-electron chi connectivity index (χ0n) is 10.4. The summed E-state index contributed by atoms with van der Waals surface area (Å²) in [6, 6.07) is 11.1. The molecule has 1 atom stereocenters. The van der Waals surface area contributed by atoms with Crippen molar-refractivity contribution < 1.29 is 4.80 Å². The Morgan fingerprint density at radius 2 is 1.82 bits per heavy atom. The van der Waals surface area contributed by atoms with Crippen LogP contribution in [-0.2, 0) is 0 Å². The molecule has 2 rings (SSSR count). The third-order valence-electron chi connectivity index (χ3n) is 4.01. The second kappa shape index (κ2) is 5.65. The van der Waals surface area contributed by atoms with Crippen LogP contribution in [0.5, 0.6) is 0 Å². The molecule has 1 aromatic rings. The summed E-state index contributed by atoms with van der Waals surface area (Å²) in [6.45, 7) is 3.84. The van der Waals surface area contributed by atoms with E-state index in [1.807, 2.05) is 24.3 Å². The summed E-state index contributed by atoms with van der Waals surface area (Å²) in [5.74, 6) is 0. The Balaban J connectivity index is 2.27. The van der Waals surface area contributed by atoms with E-state index in [1.54, 1.807) is 0 Å². The summed E-state index contributed by atoms with van der Waals surface area (Å²) in [7, 11) is -2.34. The van der Waals surface area contributed by atoms with Gasteiger partial charge in [-0.25, -0.2) is 0 Å². The molecule has 0 bridgehead atoms. The molecule has 92 valence electrons. The molecule has 1 aliphatic rings. The quantitative estimate of drug-likeness (QED) is 0.638. The van der Waals surface area contributed by atoms with Gasteiger partial charge >= 0.3 is 0 Å². The molecule has 0 aromatic heterocycles. The first-order chi connectivity index (χ1) is 8.27. The topological polar surface area (TPSA) is 20.2 Å². The van der Waals surface area contributed by atoms with Gasteiger partial charge in [0.15, 0.2) is 0 Å². The van der Waals surface area contributed by atoms with Crippen LogP contribution in [0.4, 0.5) is 0 Å². The fraction of sp³-hybridized carbons (Fsp3) is 0.467. The summed E-state index contributed by atoms with van der Waals surface area (Å²) in [5, 5.41) is 1.19. The first-order valence-corrected chi connectivity index (χ1v) is 8.89. The van der Waals surface area contributed by atoms with Gasteiger partial charge in [0, 0.05) is 0 Å². The van der Waals surface area contributed by atoms with E-state index in [4.69, 9.17) is 0 Å². The number of rotatable bonds is 4. The van der Waals surface area contributed by atoms with E-state index in [9.17, 15) is 4.80 Å². The van der Waals surface area contributed by atoms with E-state index in [2.05, 4.69) is 18.7 Å². The van der Waals surface area contributed by atoms with Gasteiger partial charge in [0.05, 0.1) is 0 Å². The largest absolute Gasteiger partial charge is 0.427 e. The van der Waals surface area contributed by atoms with Crippen molar-refractivity contribution in [3.05, 3.63) is 43.0 Å². The molecule has 0 amide bonds. The smallest absolute Gasteiger partial charge is 0.226 e. The maximum Gasteiger partial charge on any atom is 0.226 e. The minimum atomic E-state index is -2.34. The van der Waals surface area contributed by atoms with E-state index >= 15 is 0 Å². The molecule has 0 aliphatic heterocycles. The van der Waals surface area contributed by atoms with Crippen molar-refractivity contribution in [2.45, 2.75) is 43.7 Å². The SMILES string of the molecule is C=CC[Si](O)(c1ccccc1)C1CCCCC1. The van der Waals surface area contributed by atoms with Crippen molar-refractivity contribution in [2.75, 3.05) is 0 Å². The normalized spacial score (nSPS) is 20.8. The van der Waals surface area contributed by atoms with Crippen molar-refractivity contribution in [3.8, 4) is 0 Å². The van der Waals surface area contributed by atoms with Crippen LogP contribution in [0.1, 0.15) is 32.1 Å². The van der Waals surface area contributed by atoms with Crippen molar-refractivity contribution in [2.24, 2.45) is 0 Å². The lowest BCUT2D eigenvalue weighted by atomic mass is 10.0. The van der Waals surface area contributed by atoms with Gasteiger partial charge in [0.2, 0.25) is 8.32 Å². The van der Waals surface area contributed by atoms with Gasteiger partial charge in [-0.15, -0.1) is 6.58 Å². The van der Waals surface area contributed by atoms with Crippen LogP contribution in [0.15, 0.2) is 43.0 Å². The van der Waals surface area contributed by atoms with Crippen LogP contribution >= 0.6 is 0 Å². The Hall–Kier alpha value is -0.863. The molecule has 1 N–H and O–H groups in total. The molecule has 17 heavy (non-hydrogen) atoms. The molecule has 0 heterocycles. The highest BCUT2D eigenvalue weighted by atomic mass is 28.4. The molecule has 0 saturated heterocycles. The predicted molar refractivity (Wildman–Crippen MR) is 75.9 cm³/mol. The summed E-state index contributed by atoms with van der Waals surface area (Å²) in [5.41, 5.74) is 0.525. The third kappa shape index (κ3) is 2.69. The van der Waals surface area contributed by atoms with E-state index in [0.29, 0.717) is 5.54 Å². The van der Waals surface area contributed by atoms with Gasteiger partial charge in [-0.3, -0.25) is 0 Å². The summed E-state index contributed by atoms with van der Waals surface area (Å²) >= 11 is 0. The molecular formula is C15H22OSi. The summed E-state index contributed by atoms with van der Waals surface area (Å²) < 4.78 is 0. The van der Waals surface area contributed by atoms with Crippen molar-refractivity contribution >= 4 is 13.5 Å². The van der Waals surface area contributed by atoms with Gasteiger partial charge < -0.3 is 4.80 Å². The Kier molecular flexibility index (Phi) is 4.19. The maximum atomic E-state index is 11.2. The predicted octanol–water partition coefficient (Wildman–Crippen LogP) is 3.35. The lowest BCUT2D eigenvalue weighted by Crippen LogP contribution is -2.52. The van der Waals surface area contributed by atoms with Gasteiger partial charge in [0.1, 0.15) is 0 Å². The Labute approximate surface area is 105 Å². The molecule has 2 heteroatoms. The molecule has 1 unspecified atom stereocenters. The van der Waals surface area contributed by atoms with Crippen LogP contribution in [-0.4, -0.2) is 13.1 Å². The second-order valence-electron chi connectivity index (χ2n) is 5.12. The van der Waals surface area contributed by atoms with E-state index in [-0.39, 0.29) is 0 Å². The molecule has 1 aliphatic carbocycles. The van der Waals surface area contributed by atoms with E-state index < -0.39 is 8.32 Å². The third-order valence-corrected chi connectivity index (χ3v) is 8.18. The van der Waals surface area contributed by atoms with Crippen LogP contribution in [0, 0.1) is 0 Å². The van der Waals surface area contributed by atoms with E-state index in [0.717, 1.165) is 6.04 Å². The number of benzene rings is 1. The lowest BCUT2D eigenvalue weighted by molar-refractivity contribution is 0.437. The number of allylic oxidation sites excluding steroid dienone is 1. The Bertz CT molecular complexity index is 356. The number of hydrogen-bond donors (Lipinski definition) is 1. The van der Waals surface area contributed by atoms with Crippen LogP contribution in [0.25, 0.3) is 0 Å². The molecule has 1 saturated carbocycles. The second-order valence-corrected chi connectivity index (χ2v) is 8.77. The number of hydrogen-bond acceptors (Lipinski definition) is 1. The highest BCUT2D eigenvalue weighted by molar-refractivity contribution is 6.87. The molecule has 0 radical (unpaired) electrons. The Morgan fingerprint density at radius 1 is 1.18 bits per heavy atom. The summed E-state index contributed by atoms with van der Waals surface area (Å²) in [4.78, 5) is 11.2. The molecule has 1 aromatic carbocycles. The minimum Gasteiger partial charge on any atom is -0.427 e. The zero-order chi connectivity index (χ0) is 12.1. The highest BCUT2D eigenvalue weighted by Crippen LogP contribution is 2.37. The minimum absolute atomic E-state index is 0.525.